The number of rotatable bonds is 9. The van der Waals surface area contributed by atoms with Gasteiger partial charge in [0, 0.05) is 18.3 Å². The van der Waals surface area contributed by atoms with Gasteiger partial charge in [-0.1, -0.05) is 31.5 Å². The maximum Gasteiger partial charge on any atom is 0.242 e. The average Bonchev–Trinajstić information content (AvgIpc) is 2.45. The van der Waals surface area contributed by atoms with Gasteiger partial charge in [-0.2, -0.15) is 11.8 Å². The topological polar surface area (TPSA) is 58.2 Å². The summed E-state index contributed by atoms with van der Waals surface area (Å²) < 4.78 is 27.3. The Morgan fingerprint density at radius 3 is 2.71 bits per heavy atom. The lowest BCUT2D eigenvalue weighted by Gasteiger charge is -2.12. The van der Waals surface area contributed by atoms with Gasteiger partial charge in [0.05, 0.1) is 5.02 Å². The van der Waals surface area contributed by atoms with Crippen molar-refractivity contribution < 1.29 is 8.42 Å². The Hall–Kier alpha value is -0.270. The summed E-state index contributed by atoms with van der Waals surface area (Å²) in [5.41, 5.74) is 0.902. The van der Waals surface area contributed by atoms with Gasteiger partial charge in [-0.25, -0.2) is 13.1 Å². The van der Waals surface area contributed by atoms with Crippen LogP contribution in [0.1, 0.15) is 25.8 Å². The summed E-state index contributed by atoms with van der Waals surface area (Å²) in [6, 6.07) is 5.10. The van der Waals surface area contributed by atoms with Crippen LogP contribution >= 0.6 is 23.4 Å². The standard InChI is InChI=1S/C14H23ClN2O2S2/c1-4-16-10-12-5-6-13(15)14(9-12)21(18,19)17-8-7-11(2)20-3/h5-6,9,11,16-17H,4,7-8,10H2,1-3H3. The molecule has 7 heteroatoms. The molecule has 0 aliphatic carbocycles. The van der Waals surface area contributed by atoms with Gasteiger partial charge in [0.1, 0.15) is 4.90 Å². The van der Waals surface area contributed by atoms with Crippen molar-refractivity contribution in [1.29, 1.82) is 0 Å². The second kappa shape index (κ2) is 9.00. The Morgan fingerprint density at radius 2 is 2.10 bits per heavy atom. The fourth-order valence-electron chi connectivity index (χ4n) is 1.73. The monoisotopic (exact) mass is 350 g/mol. The smallest absolute Gasteiger partial charge is 0.242 e. The van der Waals surface area contributed by atoms with E-state index in [4.69, 9.17) is 11.6 Å². The van der Waals surface area contributed by atoms with E-state index in [2.05, 4.69) is 17.0 Å². The molecule has 1 unspecified atom stereocenters. The Kier molecular flexibility index (Phi) is 8.05. The van der Waals surface area contributed by atoms with E-state index in [0.29, 0.717) is 18.3 Å². The lowest BCUT2D eigenvalue weighted by atomic mass is 10.2. The van der Waals surface area contributed by atoms with Crippen LogP contribution in [0, 0.1) is 0 Å². The van der Waals surface area contributed by atoms with Crippen LogP contribution in [0.25, 0.3) is 0 Å². The van der Waals surface area contributed by atoms with Crippen molar-refractivity contribution in [2.24, 2.45) is 0 Å². The fraction of sp³-hybridized carbons (Fsp3) is 0.571. The summed E-state index contributed by atoms with van der Waals surface area (Å²) in [5, 5.41) is 3.84. The lowest BCUT2D eigenvalue weighted by molar-refractivity contribution is 0.578. The molecule has 4 nitrogen and oxygen atoms in total. The number of hydrogen-bond donors (Lipinski definition) is 2. The van der Waals surface area contributed by atoms with Gasteiger partial charge in [0.25, 0.3) is 0 Å². The van der Waals surface area contributed by atoms with Crippen LogP contribution in [-0.2, 0) is 16.6 Å². The highest BCUT2D eigenvalue weighted by Crippen LogP contribution is 2.22. The molecule has 0 spiro atoms. The molecule has 1 aromatic carbocycles. The van der Waals surface area contributed by atoms with Gasteiger partial charge in [-0.05, 0) is 36.9 Å². The maximum atomic E-state index is 12.3. The summed E-state index contributed by atoms with van der Waals surface area (Å²) in [6.07, 6.45) is 2.80. The quantitative estimate of drug-likeness (QED) is 0.719. The summed E-state index contributed by atoms with van der Waals surface area (Å²) in [6.45, 7) is 5.94. The van der Waals surface area contributed by atoms with E-state index in [-0.39, 0.29) is 9.92 Å². The molecule has 0 amide bonds. The molecule has 120 valence electrons. The highest BCUT2D eigenvalue weighted by molar-refractivity contribution is 7.99. The Labute approximate surface area is 137 Å². The van der Waals surface area contributed by atoms with E-state index in [9.17, 15) is 8.42 Å². The molecule has 21 heavy (non-hydrogen) atoms. The number of benzene rings is 1. The van der Waals surface area contributed by atoms with Crippen LogP contribution in [0.3, 0.4) is 0 Å². The van der Waals surface area contributed by atoms with Gasteiger partial charge < -0.3 is 5.32 Å². The van der Waals surface area contributed by atoms with E-state index in [1.165, 1.54) is 0 Å². The normalized spacial score (nSPS) is 13.3. The predicted octanol–water partition coefficient (Wildman–Crippen LogP) is 2.87. The summed E-state index contributed by atoms with van der Waals surface area (Å²) in [7, 11) is -3.56. The molecule has 0 aliphatic rings. The molecule has 0 saturated heterocycles. The third kappa shape index (κ3) is 6.16. The molecular formula is C14H23ClN2O2S2. The van der Waals surface area contributed by atoms with Crippen molar-refractivity contribution in [3.8, 4) is 0 Å². The largest absolute Gasteiger partial charge is 0.313 e. The van der Waals surface area contributed by atoms with Crippen molar-refractivity contribution in [1.82, 2.24) is 10.0 Å². The van der Waals surface area contributed by atoms with Gasteiger partial charge in [-0.15, -0.1) is 0 Å². The maximum absolute atomic E-state index is 12.3. The van der Waals surface area contributed by atoms with Crippen molar-refractivity contribution in [2.45, 2.75) is 37.0 Å². The molecule has 1 rings (SSSR count). The first-order valence-electron chi connectivity index (χ1n) is 6.92. The highest BCUT2D eigenvalue weighted by Gasteiger charge is 2.18. The van der Waals surface area contributed by atoms with E-state index in [1.807, 2.05) is 19.2 Å². The molecule has 0 saturated carbocycles. The molecule has 0 heterocycles. The summed E-state index contributed by atoms with van der Waals surface area (Å²) in [4.78, 5) is 0.149. The first-order valence-corrected chi connectivity index (χ1v) is 10.1. The van der Waals surface area contributed by atoms with Crippen molar-refractivity contribution in [3.63, 3.8) is 0 Å². The third-order valence-corrected chi connectivity index (χ3v) is 6.09. The molecule has 0 aliphatic heterocycles. The second-order valence-electron chi connectivity index (χ2n) is 4.78. The zero-order valence-electron chi connectivity index (χ0n) is 12.6. The third-order valence-electron chi connectivity index (χ3n) is 3.11. The fourth-order valence-corrected chi connectivity index (χ4v) is 3.67. The molecule has 1 atom stereocenters. The predicted molar refractivity (Wildman–Crippen MR) is 91.6 cm³/mol. The molecular weight excluding hydrogens is 328 g/mol. The number of sulfonamides is 1. The van der Waals surface area contributed by atoms with Crippen molar-refractivity contribution in [2.75, 3.05) is 19.3 Å². The number of thioether (sulfide) groups is 1. The summed E-state index contributed by atoms with van der Waals surface area (Å²) >= 11 is 7.76. The number of nitrogens with one attached hydrogen (secondary N) is 2. The molecule has 2 N–H and O–H groups in total. The average molecular weight is 351 g/mol. The SMILES string of the molecule is CCNCc1ccc(Cl)c(S(=O)(=O)NCCC(C)SC)c1. The van der Waals surface area contributed by atoms with Gasteiger partial charge in [0.2, 0.25) is 10.0 Å². The minimum atomic E-state index is -3.56. The molecule has 0 bridgehead atoms. The minimum absolute atomic E-state index is 0.149. The van der Waals surface area contributed by atoms with Crippen LogP contribution in [-0.4, -0.2) is 33.0 Å². The van der Waals surface area contributed by atoms with Gasteiger partial charge in [-0.3, -0.25) is 0 Å². The Bertz CT molecular complexity index is 550. The first-order chi connectivity index (χ1) is 9.90. The highest BCUT2D eigenvalue weighted by atomic mass is 35.5. The second-order valence-corrected chi connectivity index (χ2v) is 8.20. The number of halogens is 1. The van der Waals surface area contributed by atoms with Crippen LogP contribution in [0.4, 0.5) is 0 Å². The molecule has 1 aromatic rings. The Morgan fingerprint density at radius 1 is 1.38 bits per heavy atom. The molecule has 0 radical (unpaired) electrons. The van der Waals surface area contributed by atoms with Crippen LogP contribution < -0.4 is 10.0 Å². The van der Waals surface area contributed by atoms with Crippen LogP contribution in [0.5, 0.6) is 0 Å². The molecule has 0 fully saturated rings. The van der Waals surface area contributed by atoms with E-state index >= 15 is 0 Å². The minimum Gasteiger partial charge on any atom is -0.313 e. The van der Waals surface area contributed by atoms with Gasteiger partial charge in [0.15, 0.2) is 0 Å². The lowest BCUT2D eigenvalue weighted by Crippen LogP contribution is -2.26. The van der Waals surface area contributed by atoms with Crippen LogP contribution in [0.2, 0.25) is 5.02 Å². The van der Waals surface area contributed by atoms with Crippen LogP contribution in [0.15, 0.2) is 23.1 Å². The first kappa shape index (κ1) is 18.8. The zero-order valence-corrected chi connectivity index (χ0v) is 15.0. The van der Waals surface area contributed by atoms with Crippen molar-refractivity contribution >= 4 is 33.4 Å². The van der Waals surface area contributed by atoms with Crippen molar-refractivity contribution in [3.05, 3.63) is 28.8 Å². The molecule has 0 aromatic heterocycles. The zero-order chi connectivity index (χ0) is 15.9. The van der Waals surface area contributed by atoms with E-state index < -0.39 is 10.0 Å². The van der Waals surface area contributed by atoms with E-state index in [0.717, 1.165) is 18.5 Å². The Balaban J connectivity index is 2.81. The summed E-state index contributed by atoms with van der Waals surface area (Å²) in [5.74, 6) is 0. The van der Waals surface area contributed by atoms with E-state index in [1.54, 1.807) is 23.9 Å². The van der Waals surface area contributed by atoms with Gasteiger partial charge >= 0.3 is 0 Å². The number of hydrogen-bond acceptors (Lipinski definition) is 4.